The van der Waals surface area contributed by atoms with Crippen molar-refractivity contribution in [1.82, 2.24) is 0 Å². The van der Waals surface area contributed by atoms with Crippen LogP contribution in [0.2, 0.25) is 0 Å². The fourth-order valence-corrected chi connectivity index (χ4v) is 1.33. The lowest BCUT2D eigenvalue weighted by molar-refractivity contribution is -0.134. The number of fused-ring (bicyclic) bond motifs is 1. The van der Waals surface area contributed by atoms with Crippen LogP contribution in [-0.4, -0.2) is 22.5 Å². The van der Waals surface area contributed by atoms with Crippen molar-refractivity contribution in [2.24, 2.45) is 0 Å². The minimum absolute atomic E-state index is 0.539. The van der Waals surface area contributed by atoms with Gasteiger partial charge < -0.3 is 14.9 Å². The van der Waals surface area contributed by atoms with Crippen molar-refractivity contribution in [3.05, 3.63) is 35.4 Å². The Labute approximate surface area is 88.1 Å². The molecule has 0 radical (unpaired) electrons. The number of aliphatic hydroxyl groups is 1. The van der Waals surface area contributed by atoms with Gasteiger partial charge in [-0.15, -0.1) is 0 Å². The molecular formula is C11H14O4. The van der Waals surface area contributed by atoms with E-state index in [9.17, 15) is 0 Å². The monoisotopic (exact) mass is 210 g/mol. The SMILES string of the molecule is CC(=O)O.OC1Cc2ccccc2CO1. The smallest absolute Gasteiger partial charge is 0.300 e. The van der Waals surface area contributed by atoms with E-state index >= 15 is 0 Å². The van der Waals surface area contributed by atoms with Crippen molar-refractivity contribution in [1.29, 1.82) is 0 Å². The van der Waals surface area contributed by atoms with Crippen LogP contribution in [0.4, 0.5) is 0 Å². The highest BCUT2D eigenvalue weighted by molar-refractivity contribution is 5.62. The predicted molar refractivity (Wildman–Crippen MR) is 54.3 cm³/mol. The van der Waals surface area contributed by atoms with Crippen LogP contribution in [0.5, 0.6) is 0 Å². The molecule has 1 aromatic rings. The molecule has 0 bridgehead atoms. The molecule has 0 saturated heterocycles. The zero-order valence-electron chi connectivity index (χ0n) is 8.51. The zero-order chi connectivity index (χ0) is 11.3. The summed E-state index contributed by atoms with van der Waals surface area (Å²) in [4.78, 5) is 9.00. The third kappa shape index (κ3) is 4.10. The summed E-state index contributed by atoms with van der Waals surface area (Å²) in [7, 11) is 0. The molecule has 0 spiro atoms. The lowest BCUT2D eigenvalue weighted by atomic mass is 10.0. The molecule has 4 nitrogen and oxygen atoms in total. The number of benzene rings is 1. The largest absolute Gasteiger partial charge is 0.481 e. The normalized spacial score (nSPS) is 18.4. The van der Waals surface area contributed by atoms with Gasteiger partial charge in [0.25, 0.3) is 5.97 Å². The van der Waals surface area contributed by atoms with E-state index in [0.717, 1.165) is 6.92 Å². The topological polar surface area (TPSA) is 66.8 Å². The predicted octanol–water partition coefficient (Wildman–Crippen LogP) is 1.17. The highest BCUT2D eigenvalue weighted by Crippen LogP contribution is 2.18. The van der Waals surface area contributed by atoms with Crippen LogP contribution in [0.25, 0.3) is 0 Å². The van der Waals surface area contributed by atoms with Gasteiger partial charge >= 0.3 is 0 Å². The minimum Gasteiger partial charge on any atom is -0.481 e. The Kier molecular flexibility index (Phi) is 4.27. The number of aliphatic carboxylic acids is 1. The lowest BCUT2D eigenvalue weighted by Gasteiger charge is -2.20. The van der Waals surface area contributed by atoms with Gasteiger partial charge in [-0.05, 0) is 11.1 Å². The fraction of sp³-hybridized carbons (Fsp3) is 0.364. The molecule has 2 rings (SSSR count). The summed E-state index contributed by atoms with van der Waals surface area (Å²) in [6, 6.07) is 8.03. The molecule has 0 amide bonds. The third-order valence-electron chi connectivity index (χ3n) is 1.94. The van der Waals surface area contributed by atoms with E-state index in [1.165, 1.54) is 11.1 Å². The standard InChI is InChI=1S/C9H10O2.C2H4O2/c10-9-5-7-3-1-2-4-8(7)6-11-9;1-2(3)4/h1-4,9-10H,5-6H2;1H3,(H,3,4). The van der Waals surface area contributed by atoms with Crippen molar-refractivity contribution < 1.29 is 19.7 Å². The van der Waals surface area contributed by atoms with E-state index < -0.39 is 12.3 Å². The molecule has 1 aliphatic heterocycles. The van der Waals surface area contributed by atoms with Gasteiger partial charge in [-0.3, -0.25) is 4.79 Å². The van der Waals surface area contributed by atoms with Crippen LogP contribution in [0, 0.1) is 0 Å². The second kappa shape index (κ2) is 5.48. The fourth-order valence-electron chi connectivity index (χ4n) is 1.33. The van der Waals surface area contributed by atoms with E-state index in [4.69, 9.17) is 19.7 Å². The number of carboxylic acids is 1. The number of hydrogen-bond acceptors (Lipinski definition) is 3. The van der Waals surface area contributed by atoms with Gasteiger partial charge in [-0.25, -0.2) is 0 Å². The Balaban J connectivity index is 0.000000245. The molecule has 1 aliphatic rings. The highest BCUT2D eigenvalue weighted by atomic mass is 16.6. The third-order valence-corrected chi connectivity index (χ3v) is 1.94. The molecule has 15 heavy (non-hydrogen) atoms. The molecule has 0 saturated carbocycles. The molecule has 0 fully saturated rings. The molecule has 0 aliphatic carbocycles. The summed E-state index contributed by atoms with van der Waals surface area (Å²) >= 11 is 0. The van der Waals surface area contributed by atoms with Crippen LogP contribution in [-0.2, 0) is 22.6 Å². The maximum Gasteiger partial charge on any atom is 0.300 e. The second-order valence-electron chi connectivity index (χ2n) is 3.26. The minimum atomic E-state index is -0.833. The first kappa shape index (κ1) is 11.7. The first-order valence-electron chi connectivity index (χ1n) is 4.65. The summed E-state index contributed by atoms with van der Waals surface area (Å²) in [5, 5.41) is 16.6. The number of rotatable bonds is 0. The van der Waals surface area contributed by atoms with E-state index in [1.807, 2.05) is 24.3 Å². The quantitative estimate of drug-likeness (QED) is 0.674. The molecule has 0 aromatic heterocycles. The van der Waals surface area contributed by atoms with Gasteiger partial charge in [-0.2, -0.15) is 0 Å². The molecular weight excluding hydrogens is 196 g/mol. The Bertz CT molecular complexity index is 331. The molecule has 1 heterocycles. The lowest BCUT2D eigenvalue weighted by Crippen LogP contribution is -2.21. The summed E-state index contributed by atoms with van der Waals surface area (Å²) in [5.74, 6) is -0.833. The highest BCUT2D eigenvalue weighted by Gasteiger charge is 2.14. The number of ether oxygens (including phenoxy) is 1. The van der Waals surface area contributed by atoms with Crippen LogP contribution in [0.3, 0.4) is 0 Å². The maximum absolute atomic E-state index is 9.13. The first-order chi connectivity index (χ1) is 7.09. The van der Waals surface area contributed by atoms with E-state index in [-0.39, 0.29) is 0 Å². The van der Waals surface area contributed by atoms with E-state index in [0.29, 0.717) is 13.0 Å². The maximum atomic E-state index is 9.13. The zero-order valence-corrected chi connectivity index (χ0v) is 8.51. The average molecular weight is 210 g/mol. The van der Waals surface area contributed by atoms with Crippen molar-refractivity contribution >= 4 is 5.97 Å². The van der Waals surface area contributed by atoms with Gasteiger partial charge in [0.2, 0.25) is 0 Å². The summed E-state index contributed by atoms with van der Waals surface area (Å²) in [6.07, 6.45) is 0.0146. The summed E-state index contributed by atoms with van der Waals surface area (Å²) in [6.45, 7) is 1.62. The molecule has 1 atom stereocenters. The summed E-state index contributed by atoms with van der Waals surface area (Å²) < 4.78 is 5.06. The van der Waals surface area contributed by atoms with Crippen LogP contribution in [0.15, 0.2) is 24.3 Å². The molecule has 1 unspecified atom stereocenters. The van der Waals surface area contributed by atoms with Gasteiger partial charge in [0.1, 0.15) is 0 Å². The molecule has 2 N–H and O–H groups in total. The van der Waals surface area contributed by atoms with Gasteiger partial charge in [0, 0.05) is 13.3 Å². The van der Waals surface area contributed by atoms with Gasteiger partial charge in [0.15, 0.2) is 6.29 Å². The summed E-state index contributed by atoms with van der Waals surface area (Å²) in [5.41, 5.74) is 2.39. The van der Waals surface area contributed by atoms with E-state index in [1.54, 1.807) is 0 Å². The Morgan fingerprint density at radius 2 is 1.93 bits per heavy atom. The number of carbonyl (C=O) groups is 1. The number of hydrogen-bond donors (Lipinski definition) is 2. The van der Waals surface area contributed by atoms with Gasteiger partial charge in [-0.1, -0.05) is 24.3 Å². The molecule has 4 heteroatoms. The Hall–Kier alpha value is -1.39. The van der Waals surface area contributed by atoms with E-state index in [2.05, 4.69) is 0 Å². The van der Waals surface area contributed by atoms with Crippen molar-refractivity contribution in [2.75, 3.05) is 0 Å². The van der Waals surface area contributed by atoms with Gasteiger partial charge in [0.05, 0.1) is 6.61 Å². The Morgan fingerprint density at radius 1 is 1.40 bits per heavy atom. The first-order valence-corrected chi connectivity index (χ1v) is 4.65. The van der Waals surface area contributed by atoms with Crippen molar-refractivity contribution in [2.45, 2.75) is 26.2 Å². The number of carboxylic acid groups (broad SMARTS) is 1. The Morgan fingerprint density at radius 3 is 2.53 bits per heavy atom. The van der Waals surface area contributed by atoms with Crippen LogP contribution >= 0.6 is 0 Å². The number of aliphatic hydroxyl groups excluding tert-OH is 1. The molecule has 82 valence electrons. The van der Waals surface area contributed by atoms with Crippen molar-refractivity contribution in [3.8, 4) is 0 Å². The second-order valence-corrected chi connectivity index (χ2v) is 3.26. The average Bonchev–Trinajstić information content (AvgIpc) is 2.16. The van der Waals surface area contributed by atoms with Crippen LogP contribution < -0.4 is 0 Å². The van der Waals surface area contributed by atoms with Crippen LogP contribution in [0.1, 0.15) is 18.1 Å². The molecule has 1 aromatic carbocycles. The van der Waals surface area contributed by atoms with Crippen molar-refractivity contribution in [3.63, 3.8) is 0 Å².